The molecule has 1 saturated heterocycles. The summed E-state index contributed by atoms with van der Waals surface area (Å²) in [5.74, 6) is -0.373. The van der Waals surface area contributed by atoms with Gasteiger partial charge >= 0.3 is 0 Å². The fraction of sp³-hybridized carbons (Fsp3) is 0.278. The quantitative estimate of drug-likeness (QED) is 0.849. The van der Waals surface area contributed by atoms with Gasteiger partial charge in [0.05, 0.1) is 17.6 Å². The number of ether oxygens (including phenoxy) is 1. The van der Waals surface area contributed by atoms with Crippen molar-refractivity contribution in [3.8, 4) is 5.75 Å². The van der Waals surface area contributed by atoms with Gasteiger partial charge < -0.3 is 14.5 Å². The lowest BCUT2D eigenvalue weighted by Crippen LogP contribution is -2.48. The van der Waals surface area contributed by atoms with E-state index in [9.17, 15) is 17.6 Å². The molecule has 0 bridgehead atoms. The zero-order valence-corrected chi connectivity index (χ0v) is 15.6. The van der Waals surface area contributed by atoms with Crippen LogP contribution in [0.5, 0.6) is 5.75 Å². The van der Waals surface area contributed by atoms with Crippen LogP contribution in [-0.4, -0.2) is 52.5 Å². The summed E-state index contributed by atoms with van der Waals surface area (Å²) in [6.45, 7) is 2.18. The molecule has 1 aliphatic heterocycles. The summed E-state index contributed by atoms with van der Waals surface area (Å²) in [5, 5.41) is 5.12. The minimum atomic E-state index is -3.88. The molecule has 1 amide bonds. The average molecular weight is 393 g/mol. The molecule has 0 radical (unpaired) electrons. The number of hydrogen-bond acceptors (Lipinski definition) is 5. The third-order valence-electron chi connectivity index (χ3n) is 4.49. The fourth-order valence-corrected chi connectivity index (χ4v) is 3.54. The molecule has 9 heteroatoms. The Morgan fingerprint density at radius 2 is 1.70 bits per heavy atom. The Balaban J connectivity index is 1.73. The molecular formula is C18H20FN3O4S. The number of amides is 1. The molecule has 0 aromatic heterocycles. The van der Waals surface area contributed by atoms with E-state index in [4.69, 9.17) is 9.88 Å². The number of primary sulfonamides is 1. The molecule has 144 valence electrons. The third kappa shape index (κ3) is 4.20. The van der Waals surface area contributed by atoms with Crippen molar-refractivity contribution in [3.05, 3.63) is 53.8 Å². The van der Waals surface area contributed by atoms with Crippen molar-refractivity contribution in [1.82, 2.24) is 4.90 Å². The highest BCUT2D eigenvalue weighted by Gasteiger charge is 2.25. The average Bonchev–Trinajstić information content (AvgIpc) is 2.67. The zero-order valence-electron chi connectivity index (χ0n) is 14.8. The van der Waals surface area contributed by atoms with Gasteiger partial charge in [-0.25, -0.2) is 17.9 Å². The highest BCUT2D eigenvalue weighted by molar-refractivity contribution is 7.89. The molecule has 0 atom stereocenters. The maximum atomic E-state index is 13.1. The Labute approximate surface area is 157 Å². The van der Waals surface area contributed by atoms with Gasteiger partial charge in [-0.05, 0) is 36.4 Å². The molecule has 3 rings (SSSR count). The highest BCUT2D eigenvalue weighted by Crippen LogP contribution is 2.25. The highest BCUT2D eigenvalue weighted by atomic mass is 32.2. The summed E-state index contributed by atoms with van der Waals surface area (Å²) in [5.41, 5.74) is 1.18. The van der Waals surface area contributed by atoms with Gasteiger partial charge in [0.2, 0.25) is 10.0 Å². The van der Waals surface area contributed by atoms with Crippen molar-refractivity contribution in [2.45, 2.75) is 4.90 Å². The van der Waals surface area contributed by atoms with Crippen molar-refractivity contribution < 1.29 is 22.3 Å². The summed E-state index contributed by atoms with van der Waals surface area (Å²) in [6.07, 6.45) is 0. The second-order valence-corrected chi connectivity index (χ2v) is 7.72. The largest absolute Gasteiger partial charge is 0.496 e. The van der Waals surface area contributed by atoms with Crippen LogP contribution in [0.25, 0.3) is 0 Å². The number of benzene rings is 2. The van der Waals surface area contributed by atoms with Crippen LogP contribution in [0.2, 0.25) is 0 Å². The van der Waals surface area contributed by atoms with E-state index in [0.29, 0.717) is 26.2 Å². The summed E-state index contributed by atoms with van der Waals surface area (Å²) < 4.78 is 41.2. The van der Waals surface area contributed by atoms with Crippen molar-refractivity contribution in [1.29, 1.82) is 0 Å². The van der Waals surface area contributed by atoms with Gasteiger partial charge in [-0.3, -0.25) is 4.79 Å². The van der Waals surface area contributed by atoms with Gasteiger partial charge in [0.25, 0.3) is 5.91 Å². The number of anilines is 1. The van der Waals surface area contributed by atoms with E-state index >= 15 is 0 Å². The molecule has 1 fully saturated rings. The van der Waals surface area contributed by atoms with Crippen LogP contribution in [0.4, 0.5) is 10.1 Å². The van der Waals surface area contributed by atoms with Gasteiger partial charge in [0.1, 0.15) is 11.6 Å². The van der Waals surface area contributed by atoms with Gasteiger partial charge in [0, 0.05) is 37.9 Å². The number of piperazine rings is 1. The summed E-state index contributed by atoms with van der Waals surface area (Å²) >= 11 is 0. The number of halogens is 1. The summed E-state index contributed by atoms with van der Waals surface area (Å²) in [7, 11) is -2.52. The first-order valence-electron chi connectivity index (χ1n) is 8.30. The van der Waals surface area contributed by atoms with Crippen LogP contribution in [0.15, 0.2) is 47.4 Å². The van der Waals surface area contributed by atoms with Crippen molar-refractivity contribution in [2.75, 3.05) is 38.2 Å². The SMILES string of the molecule is COc1cc(S(N)(=O)=O)ccc1C(=O)N1CCN(c2ccc(F)cc2)CC1. The summed E-state index contributed by atoms with van der Waals surface area (Å²) in [4.78, 5) is 16.5. The first-order chi connectivity index (χ1) is 12.8. The van der Waals surface area contributed by atoms with Crippen LogP contribution in [0, 0.1) is 5.82 Å². The van der Waals surface area contributed by atoms with E-state index < -0.39 is 10.0 Å². The molecule has 0 unspecified atom stereocenters. The lowest BCUT2D eigenvalue weighted by molar-refractivity contribution is 0.0743. The first kappa shape index (κ1) is 19.1. The number of rotatable bonds is 4. The maximum Gasteiger partial charge on any atom is 0.257 e. The van der Waals surface area contributed by atoms with Gasteiger partial charge in [-0.1, -0.05) is 0 Å². The fourth-order valence-electron chi connectivity index (χ4n) is 3.02. The standard InChI is InChI=1S/C18H20FN3O4S/c1-26-17-12-15(27(20,24)25)6-7-16(17)18(23)22-10-8-21(9-11-22)14-4-2-13(19)3-5-14/h2-7,12H,8-11H2,1H3,(H2,20,24,25). The van der Waals surface area contributed by atoms with E-state index in [1.54, 1.807) is 17.0 Å². The van der Waals surface area contributed by atoms with Crippen molar-refractivity contribution in [3.63, 3.8) is 0 Å². The topological polar surface area (TPSA) is 92.9 Å². The molecule has 0 saturated carbocycles. The molecule has 7 nitrogen and oxygen atoms in total. The molecule has 2 aromatic carbocycles. The predicted octanol–water partition coefficient (Wildman–Crippen LogP) is 1.44. The normalized spacial score (nSPS) is 14.9. The number of nitrogens with two attached hydrogens (primary N) is 1. The van der Waals surface area contributed by atoms with E-state index in [0.717, 1.165) is 5.69 Å². The monoisotopic (exact) mass is 393 g/mol. The minimum absolute atomic E-state index is 0.114. The Hall–Kier alpha value is -2.65. The van der Waals surface area contributed by atoms with Gasteiger partial charge in [0.15, 0.2) is 0 Å². The molecule has 27 heavy (non-hydrogen) atoms. The number of carbonyl (C=O) groups is 1. The number of methoxy groups -OCH3 is 1. The second kappa shape index (κ2) is 7.53. The van der Waals surface area contributed by atoms with Gasteiger partial charge in [-0.15, -0.1) is 0 Å². The first-order valence-corrected chi connectivity index (χ1v) is 9.85. The Kier molecular flexibility index (Phi) is 5.33. The van der Waals surface area contributed by atoms with Crippen LogP contribution in [0.3, 0.4) is 0 Å². The predicted molar refractivity (Wildman–Crippen MR) is 98.9 cm³/mol. The molecule has 1 heterocycles. The second-order valence-electron chi connectivity index (χ2n) is 6.16. The van der Waals surface area contributed by atoms with Crippen LogP contribution in [-0.2, 0) is 10.0 Å². The van der Waals surface area contributed by atoms with Crippen LogP contribution < -0.4 is 14.8 Å². The maximum absolute atomic E-state index is 13.1. The van der Waals surface area contributed by atoms with E-state index in [2.05, 4.69) is 4.90 Å². The summed E-state index contributed by atoms with van der Waals surface area (Å²) in [6, 6.07) is 10.2. The Morgan fingerprint density at radius 3 is 2.26 bits per heavy atom. The minimum Gasteiger partial charge on any atom is -0.496 e. The number of nitrogens with zero attached hydrogens (tertiary/aromatic N) is 2. The molecule has 2 N–H and O–H groups in total. The zero-order chi connectivity index (χ0) is 19.6. The Bertz CT molecular complexity index is 940. The van der Waals surface area contributed by atoms with E-state index in [-0.39, 0.29) is 27.9 Å². The molecule has 2 aromatic rings. The van der Waals surface area contributed by atoms with Crippen LogP contribution in [0.1, 0.15) is 10.4 Å². The third-order valence-corrected chi connectivity index (χ3v) is 5.40. The molecule has 1 aliphatic rings. The van der Waals surface area contributed by atoms with Crippen molar-refractivity contribution in [2.24, 2.45) is 5.14 Å². The molecule has 0 aliphatic carbocycles. The smallest absolute Gasteiger partial charge is 0.257 e. The number of hydrogen-bond donors (Lipinski definition) is 1. The lowest BCUT2D eigenvalue weighted by Gasteiger charge is -2.36. The van der Waals surface area contributed by atoms with Gasteiger partial charge in [-0.2, -0.15) is 0 Å². The van der Waals surface area contributed by atoms with E-state index in [1.807, 2.05) is 0 Å². The van der Waals surface area contributed by atoms with E-state index in [1.165, 1.54) is 37.4 Å². The van der Waals surface area contributed by atoms with Crippen LogP contribution >= 0.6 is 0 Å². The van der Waals surface area contributed by atoms with Crippen molar-refractivity contribution >= 4 is 21.6 Å². The molecular weight excluding hydrogens is 373 g/mol. The number of sulfonamides is 1. The lowest BCUT2D eigenvalue weighted by atomic mass is 10.1. The number of carbonyl (C=O) groups excluding carboxylic acids is 1. The molecule has 0 spiro atoms. The Morgan fingerprint density at radius 1 is 1.07 bits per heavy atom.